The molecule has 8 nitrogen and oxygen atoms in total. The third kappa shape index (κ3) is 6.27. The molecule has 1 aromatic rings. The van der Waals surface area contributed by atoms with Gasteiger partial charge in [0.1, 0.15) is 0 Å². The molecule has 0 aliphatic carbocycles. The van der Waals surface area contributed by atoms with Crippen molar-refractivity contribution in [1.29, 1.82) is 0 Å². The second kappa shape index (κ2) is 10.6. The molecule has 0 radical (unpaired) electrons. The van der Waals surface area contributed by atoms with Gasteiger partial charge in [0.05, 0.1) is 4.90 Å². The summed E-state index contributed by atoms with van der Waals surface area (Å²) in [5, 5.41) is 2.96. The monoisotopic (exact) mass is 450 g/mol. The molecular weight excluding hydrogens is 416 g/mol. The highest BCUT2D eigenvalue weighted by Gasteiger charge is 2.30. The lowest BCUT2D eigenvalue weighted by Crippen LogP contribution is -2.50. The van der Waals surface area contributed by atoms with E-state index >= 15 is 0 Å². The molecular formula is C22H34N4O4S. The maximum Gasteiger partial charge on any atom is 0.243 e. The Morgan fingerprint density at radius 2 is 1.71 bits per heavy atom. The predicted molar refractivity (Wildman–Crippen MR) is 119 cm³/mol. The molecule has 2 aliphatic rings. The third-order valence-corrected chi connectivity index (χ3v) is 8.09. The number of nitrogens with one attached hydrogen (secondary N) is 1. The Kier molecular flexibility index (Phi) is 8.07. The third-order valence-electron chi connectivity index (χ3n) is 6.17. The first kappa shape index (κ1) is 23.7. The number of rotatable bonds is 8. The second-order valence-corrected chi connectivity index (χ2v) is 10.6. The van der Waals surface area contributed by atoms with Gasteiger partial charge >= 0.3 is 0 Å². The van der Waals surface area contributed by atoms with Crippen LogP contribution in [-0.2, 0) is 19.6 Å². The van der Waals surface area contributed by atoms with Crippen LogP contribution in [0.3, 0.4) is 0 Å². The highest BCUT2D eigenvalue weighted by atomic mass is 32.2. The molecule has 31 heavy (non-hydrogen) atoms. The van der Waals surface area contributed by atoms with Crippen molar-refractivity contribution in [1.82, 2.24) is 19.4 Å². The van der Waals surface area contributed by atoms with E-state index in [1.807, 2.05) is 0 Å². The number of carbonyl (C=O) groups excluding carboxylic acids is 2. The summed E-state index contributed by atoms with van der Waals surface area (Å²) in [4.78, 5) is 29.0. The summed E-state index contributed by atoms with van der Waals surface area (Å²) >= 11 is 0. The highest BCUT2D eigenvalue weighted by molar-refractivity contribution is 7.89. The zero-order valence-corrected chi connectivity index (χ0v) is 19.3. The fraction of sp³-hybridized carbons (Fsp3) is 0.636. The van der Waals surface area contributed by atoms with Crippen molar-refractivity contribution in [3.63, 3.8) is 0 Å². The van der Waals surface area contributed by atoms with Gasteiger partial charge in [-0.15, -0.1) is 0 Å². The molecule has 1 N–H and O–H groups in total. The molecule has 2 aliphatic heterocycles. The standard InChI is InChI=1S/C22H34N4O4S/c1-18(2)25-11-10-19(17-25)16-23-21(27)8-9-22(28)24-12-14-26(15-13-24)31(29,30)20-6-4-3-5-7-20/h3-7,18-19H,8-17H2,1-2H3,(H,23,27). The van der Waals surface area contributed by atoms with Gasteiger partial charge in [0, 0.05) is 58.2 Å². The average molecular weight is 451 g/mol. The molecule has 0 spiro atoms. The van der Waals surface area contributed by atoms with Gasteiger partial charge in [-0.05, 0) is 44.9 Å². The van der Waals surface area contributed by atoms with E-state index in [4.69, 9.17) is 0 Å². The topological polar surface area (TPSA) is 90.0 Å². The van der Waals surface area contributed by atoms with Crippen molar-refractivity contribution in [3.8, 4) is 0 Å². The van der Waals surface area contributed by atoms with Crippen LogP contribution < -0.4 is 5.32 Å². The number of carbonyl (C=O) groups is 2. The van der Waals surface area contributed by atoms with Crippen LogP contribution in [0.2, 0.25) is 0 Å². The normalized spacial score (nSPS) is 20.9. The molecule has 2 fully saturated rings. The molecule has 0 saturated carbocycles. The number of amides is 2. The Morgan fingerprint density at radius 1 is 1.03 bits per heavy atom. The molecule has 3 rings (SSSR count). The van der Waals surface area contributed by atoms with Crippen molar-refractivity contribution < 1.29 is 18.0 Å². The highest BCUT2D eigenvalue weighted by Crippen LogP contribution is 2.19. The first-order valence-electron chi connectivity index (χ1n) is 11.1. The number of hydrogen-bond acceptors (Lipinski definition) is 5. The largest absolute Gasteiger partial charge is 0.356 e. The van der Waals surface area contributed by atoms with Gasteiger partial charge in [-0.25, -0.2) is 8.42 Å². The van der Waals surface area contributed by atoms with E-state index < -0.39 is 10.0 Å². The molecule has 2 amide bonds. The molecule has 9 heteroatoms. The minimum absolute atomic E-state index is 0.0957. The van der Waals surface area contributed by atoms with E-state index in [0.717, 1.165) is 19.5 Å². The molecule has 1 aromatic carbocycles. The summed E-state index contributed by atoms with van der Waals surface area (Å²) in [6.07, 6.45) is 1.41. The number of likely N-dealkylation sites (tertiary alicyclic amines) is 1. The molecule has 2 saturated heterocycles. The lowest BCUT2D eigenvalue weighted by Gasteiger charge is -2.34. The average Bonchev–Trinajstić information content (AvgIpc) is 3.26. The number of benzene rings is 1. The first-order valence-corrected chi connectivity index (χ1v) is 12.5. The van der Waals surface area contributed by atoms with E-state index in [0.29, 0.717) is 31.6 Å². The summed E-state index contributed by atoms with van der Waals surface area (Å²) in [5.74, 6) is 0.280. The summed E-state index contributed by atoms with van der Waals surface area (Å²) in [6, 6.07) is 8.87. The maximum absolute atomic E-state index is 12.7. The number of piperazine rings is 1. The minimum atomic E-state index is -3.53. The quantitative estimate of drug-likeness (QED) is 0.642. The van der Waals surface area contributed by atoms with Gasteiger partial charge in [0.15, 0.2) is 0 Å². The van der Waals surface area contributed by atoms with E-state index in [9.17, 15) is 18.0 Å². The SMILES string of the molecule is CC(C)N1CCC(CNC(=O)CCC(=O)N2CCN(S(=O)(=O)c3ccccc3)CC2)C1. The van der Waals surface area contributed by atoms with Crippen LogP contribution in [0.1, 0.15) is 33.1 Å². The van der Waals surface area contributed by atoms with Crippen LogP contribution in [0.15, 0.2) is 35.2 Å². The number of sulfonamides is 1. The zero-order valence-electron chi connectivity index (χ0n) is 18.5. The van der Waals surface area contributed by atoms with E-state index in [1.54, 1.807) is 35.2 Å². The number of hydrogen-bond donors (Lipinski definition) is 1. The summed E-state index contributed by atoms with van der Waals surface area (Å²) in [6.45, 7) is 8.33. The van der Waals surface area contributed by atoms with E-state index in [2.05, 4.69) is 24.1 Å². The fourth-order valence-electron chi connectivity index (χ4n) is 4.14. The van der Waals surface area contributed by atoms with Crippen LogP contribution in [0.5, 0.6) is 0 Å². The van der Waals surface area contributed by atoms with Crippen molar-refractivity contribution in [2.75, 3.05) is 45.8 Å². The second-order valence-electron chi connectivity index (χ2n) is 8.65. The summed E-state index contributed by atoms with van der Waals surface area (Å²) in [5.41, 5.74) is 0. The van der Waals surface area contributed by atoms with Crippen LogP contribution in [0.4, 0.5) is 0 Å². The van der Waals surface area contributed by atoms with Crippen LogP contribution in [0, 0.1) is 5.92 Å². The van der Waals surface area contributed by atoms with Crippen LogP contribution in [-0.4, -0.2) is 86.2 Å². The Labute approximate surface area is 185 Å². The van der Waals surface area contributed by atoms with Crippen LogP contribution in [0.25, 0.3) is 0 Å². The van der Waals surface area contributed by atoms with Gasteiger partial charge in [-0.1, -0.05) is 18.2 Å². The molecule has 0 bridgehead atoms. The predicted octanol–water partition coefficient (Wildman–Crippen LogP) is 1.15. The van der Waals surface area contributed by atoms with Crippen molar-refractivity contribution in [2.45, 2.75) is 44.0 Å². The van der Waals surface area contributed by atoms with Crippen molar-refractivity contribution in [3.05, 3.63) is 30.3 Å². The van der Waals surface area contributed by atoms with Gasteiger partial charge in [-0.3, -0.25) is 9.59 Å². The lowest BCUT2D eigenvalue weighted by atomic mass is 10.1. The zero-order chi connectivity index (χ0) is 22.4. The van der Waals surface area contributed by atoms with Crippen molar-refractivity contribution >= 4 is 21.8 Å². The smallest absolute Gasteiger partial charge is 0.243 e. The van der Waals surface area contributed by atoms with E-state index in [-0.39, 0.29) is 42.6 Å². The van der Waals surface area contributed by atoms with Crippen LogP contribution >= 0.6 is 0 Å². The maximum atomic E-state index is 12.7. The Balaban J connectivity index is 1.37. The molecule has 0 aromatic heterocycles. The summed E-state index contributed by atoms with van der Waals surface area (Å²) < 4.78 is 26.8. The molecule has 172 valence electrons. The molecule has 1 atom stereocenters. The molecule has 1 unspecified atom stereocenters. The van der Waals surface area contributed by atoms with Gasteiger partial charge in [0.2, 0.25) is 21.8 Å². The number of nitrogens with zero attached hydrogens (tertiary/aromatic N) is 3. The summed E-state index contributed by atoms with van der Waals surface area (Å²) in [7, 11) is -3.53. The Morgan fingerprint density at radius 3 is 2.32 bits per heavy atom. The fourth-order valence-corrected chi connectivity index (χ4v) is 5.59. The molecule has 2 heterocycles. The van der Waals surface area contributed by atoms with Crippen molar-refractivity contribution in [2.24, 2.45) is 5.92 Å². The van der Waals surface area contributed by atoms with Gasteiger partial charge in [0.25, 0.3) is 0 Å². The Bertz CT molecular complexity index is 852. The lowest BCUT2D eigenvalue weighted by molar-refractivity contribution is -0.134. The Hall–Kier alpha value is -1.97. The van der Waals surface area contributed by atoms with E-state index in [1.165, 1.54) is 4.31 Å². The minimum Gasteiger partial charge on any atom is -0.356 e. The van der Waals surface area contributed by atoms with Gasteiger partial charge < -0.3 is 15.1 Å². The first-order chi connectivity index (χ1) is 14.8. The van der Waals surface area contributed by atoms with Gasteiger partial charge in [-0.2, -0.15) is 4.31 Å².